The molecular formula is C26H21N3O3S2. The minimum absolute atomic E-state index is 0.152. The quantitative estimate of drug-likeness (QED) is 0.242. The molecule has 0 saturated carbocycles. The second-order valence-corrected chi connectivity index (χ2v) is 9.96. The van der Waals surface area contributed by atoms with Crippen LogP contribution in [0.2, 0.25) is 0 Å². The van der Waals surface area contributed by atoms with Crippen molar-refractivity contribution >= 4 is 39.2 Å². The number of thiophene rings is 1. The van der Waals surface area contributed by atoms with Gasteiger partial charge in [0.05, 0.1) is 29.1 Å². The Morgan fingerprint density at radius 3 is 2.53 bits per heavy atom. The molecule has 1 atom stereocenters. The molecule has 0 aliphatic rings. The number of carbonyl (C=O) groups is 1. The summed E-state index contributed by atoms with van der Waals surface area (Å²) < 4.78 is 6.87. The Balaban J connectivity index is 1.52. The van der Waals surface area contributed by atoms with E-state index in [0.29, 0.717) is 33.4 Å². The lowest BCUT2D eigenvalue weighted by Gasteiger charge is -2.15. The van der Waals surface area contributed by atoms with Crippen LogP contribution in [0.4, 0.5) is 0 Å². The van der Waals surface area contributed by atoms with E-state index in [-0.39, 0.29) is 11.5 Å². The Kier molecular flexibility index (Phi) is 6.33. The van der Waals surface area contributed by atoms with E-state index in [1.165, 1.54) is 23.1 Å². The maximum Gasteiger partial charge on any atom is 0.267 e. The number of amides is 1. The predicted molar refractivity (Wildman–Crippen MR) is 137 cm³/mol. The van der Waals surface area contributed by atoms with Crippen molar-refractivity contribution < 1.29 is 9.21 Å². The molecule has 1 N–H and O–H groups in total. The highest BCUT2D eigenvalue weighted by atomic mass is 32.2. The highest BCUT2D eigenvalue weighted by molar-refractivity contribution is 8.00. The molecule has 3 heterocycles. The van der Waals surface area contributed by atoms with Crippen molar-refractivity contribution in [2.45, 2.75) is 23.9 Å². The van der Waals surface area contributed by atoms with Gasteiger partial charge >= 0.3 is 0 Å². The first-order chi connectivity index (χ1) is 16.6. The molecule has 1 amide bonds. The van der Waals surface area contributed by atoms with Gasteiger partial charge < -0.3 is 9.73 Å². The molecule has 2 aromatic carbocycles. The van der Waals surface area contributed by atoms with Crippen LogP contribution in [0, 0.1) is 0 Å². The molecule has 1 unspecified atom stereocenters. The average Bonchev–Trinajstić information content (AvgIpc) is 3.54. The van der Waals surface area contributed by atoms with Crippen LogP contribution in [0.1, 0.15) is 12.7 Å². The molecule has 5 rings (SSSR count). The first-order valence-electron chi connectivity index (χ1n) is 10.7. The van der Waals surface area contributed by atoms with Crippen molar-refractivity contribution in [1.82, 2.24) is 14.9 Å². The third kappa shape index (κ3) is 4.55. The van der Waals surface area contributed by atoms with Gasteiger partial charge in [0, 0.05) is 4.88 Å². The largest absolute Gasteiger partial charge is 0.467 e. The summed E-state index contributed by atoms with van der Waals surface area (Å²) in [6, 6.07) is 24.8. The van der Waals surface area contributed by atoms with Gasteiger partial charge in [0.25, 0.3) is 5.56 Å². The second-order valence-electron chi connectivity index (χ2n) is 7.62. The fourth-order valence-corrected chi connectivity index (χ4v) is 5.56. The predicted octanol–water partition coefficient (Wildman–Crippen LogP) is 5.50. The van der Waals surface area contributed by atoms with Gasteiger partial charge in [-0.2, -0.15) is 0 Å². The SMILES string of the molecule is CC(Sc1nc2sc(-c3ccccc3)cc2c(=O)n1-c1ccccc1)C(=O)NCc1ccco1. The molecule has 0 fully saturated rings. The molecular weight excluding hydrogens is 466 g/mol. The number of carbonyl (C=O) groups excluding carboxylic acids is 1. The number of para-hydroxylation sites is 1. The molecule has 0 bridgehead atoms. The smallest absolute Gasteiger partial charge is 0.267 e. The second kappa shape index (κ2) is 9.70. The molecule has 0 spiro atoms. The lowest BCUT2D eigenvalue weighted by Crippen LogP contribution is -2.31. The van der Waals surface area contributed by atoms with Crippen LogP contribution in [-0.2, 0) is 11.3 Å². The zero-order valence-electron chi connectivity index (χ0n) is 18.3. The summed E-state index contributed by atoms with van der Waals surface area (Å²) in [6.07, 6.45) is 1.57. The molecule has 5 aromatic rings. The third-order valence-electron chi connectivity index (χ3n) is 5.28. The summed E-state index contributed by atoms with van der Waals surface area (Å²) in [6.45, 7) is 2.11. The van der Waals surface area contributed by atoms with Crippen molar-refractivity contribution in [3.05, 3.63) is 101 Å². The van der Waals surface area contributed by atoms with E-state index >= 15 is 0 Å². The van der Waals surface area contributed by atoms with Crippen molar-refractivity contribution in [3.63, 3.8) is 0 Å². The number of thioether (sulfide) groups is 1. The number of hydrogen-bond acceptors (Lipinski definition) is 6. The minimum Gasteiger partial charge on any atom is -0.467 e. The Morgan fingerprint density at radius 1 is 1.09 bits per heavy atom. The monoisotopic (exact) mass is 487 g/mol. The molecule has 6 nitrogen and oxygen atoms in total. The molecule has 3 aromatic heterocycles. The lowest BCUT2D eigenvalue weighted by molar-refractivity contribution is -0.120. The van der Waals surface area contributed by atoms with Crippen molar-refractivity contribution in [3.8, 4) is 16.1 Å². The fraction of sp³-hybridized carbons (Fsp3) is 0.115. The molecule has 0 saturated heterocycles. The summed E-state index contributed by atoms with van der Waals surface area (Å²) in [5.74, 6) is 0.518. The maximum absolute atomic E-state index is 13.6. The Morgan fingerprint density at radius 2 is 1.82 bits per heavy atom. The van der Waals surface area contributed by atoms with E-state index in [2.05, 4.69) is 5.32 Å². The number of aromatic nitrogens is 2. The van der Waals surface area contributed by atoms with Crippen molar-refractivity contribution in [2.24, 2.45) is 0 Å². The van der Waals surface area contributed by atoms with Crippen LogP contribution in [0.25, 0.3) is 26.3 Å². The molecule has 0 aliphatic heterocycles. The van der Waals surface area contributed by atoms with Gasteiger partial charge in [0.2, 0.25) is 5.91 Å². The number of nitrogens with zero attached hydrogens (tertiary/aromatic N) is 2. The first kappa shape index (κ1) is 22.2. The summed E-state index contributed by atoms with van der Waals surface area (Å²) in [5.41, 5.74) is 1.59. The van der Waals surface area contributed by atoms with Gasteiger partial charge in [-0.25, -0.2) is 4.98 Å². The third-order valence-corrected chi connectivity index (χ3v) is 7.41. The number of furan rings is 1. The van der Waals surface area contributed by atoms with Gasteiger partial charge in [-0.15, -0.1) is 11.3 Å². The molecule has 0 radical (unpaired) electrons. The summed E-state index contributed by atoms with van der Waals surface area (Å²) in [5, 5.41) is 3.45. The van der Waals surface area contributed by atoms with Crippen LogP contribution < -0.4 is 10.9 Å². The number of rotatable bonds is 7. The lowest BCUT2D eigenvalue weighted by atomic mass is 10.2. The standard InChI is InChI=1S/C26H21N3O3S2/c1-17(23(30)27-16-20-13-8-14-32-20)33-26-28-24-21(15-22(34-24)18-9-4-2-5-10-18)25(31)29(26)19-11-6-3-7-12-19/h2-15,17H,16H2,1H3,(H,27,30). The normalized spacial score (nSPS) is 12.0. The van der Waals surface area contributed by atoms with Gasteiger partial charge in [-0.1, -0.05) is 60.3 Å². The van der Waals surface area contributed by atoms with E-state index in [1.54, 1.807) is 23.8 Å². The topological polar surface area (TPSA) is 77.1 Å². The van der Waals surface area contributed by atoms with E-state index in [4.69, 9.17) is 9.40 Å². The highest BCUT2D eigenvalue weighted by Gasteiger charge is 2.21. The summed E-state index contributed by atoms with van der Waals surface area (Å²) in [7, 11) is 0. The van der Waals surface area contributed by atoms with Crippen LogP contribution in [0.3, 0.4) is 0 Å². The maximum atomic E-state index is 13.6. The minimum atomic E-state index is -0.470. The van der Waals surface area contributed by atoms with Crippen LogP contribution in [0.15, 0.2) is 99.5 Å². The summed E-state index contributed by atoms with van der Waals surface area (Å²) >= 11 is 2.74. The van der Waals surface area contributed by atoms with Crippen molar-refractivity contribution in [1.29, 1.82) is 0 Å². The molecule has 34 heavy (non-hydrogen) atoms. The van der Waals surface area contributed by atoms with Gasteiger partial charge in [0.1, 0.15) is 10.6 Å². The van der Waals surface area contributed by atoms with E-state index in [1.807, 2.05) is 72.8 Å². The number of fused-ring (bicyclic) bond motifs is 1. The number of benzene rings is 2. The highest BCUT2D eigenvalue weighted by Crippen LogP contribution is 2.33. The molecule has 170 valence electrons. The Bertz CT molecular complexity index is 1480. The number of hydrogen-bond donors (Lipinski definition) is 1. The summed E-state index contributed by atoms with van der Waals surface area (Å²) in [4.78, 5) is 32.8. The van der Waals surface area contributed by atoms with E-state index in [9.17, 15) is 9.59 Å². The molecule has 0 aliphatic carbocycles. The molecule has 8 heteroatoms. The van der Waals surface area contributed by atoms with E-state index in [0.717, 1.165) is 10.4 Å². The van der Waals surface area contributed by atoms with Crippen LogP contribution >= 0.6 is 23.1 Å². The van der Waals surface area contributed by atoms with Gasteiger partial charge in [0.15, 0.2) is 5.16 Å². The average molecular weight is 488 g/mol. The van der Waals surface area contributed by atoms with Gasteiger partial charge in [-0.05, 0) is 42.8 Å². The Hall–Kier alpha value is -3.62. The zero-order chi connectivity index (χ0) is 23.5. The van der Waals surface area contributed by atoms with E-state index < -0.39 is 5.25 Å². The van der Waals surface area contributed by atoms with Crippen LogP contribution in [0.5, 0.6) is 0 Å². The number of nitrogens with one attached hydrogen (secondary N) is 1. The van der Waals surface area contributed by atoms with Gasteiger partial charge in [-0.3, -0.25) is 14.2 Å². The Labute approximate surface area is 204 Å². The fourth-order valence-electron chi connectivity index (χ4n) is 3.53. The van der Waals surface area contributed by atoms with Crippen molar-refractivity contribution in [2.75, 3.05) is 0 Å². The van der Waals surface area contributed by atoms with Crippen LogP contribution in [-0.4, -0.2) is 20.7 Å². The first-order valence-corrected chi connectivity index (χ1v) is 12.4. The zero-order valence-corrected chi connectivity index (χ0v) is 19.9.